The molecule has 0 aliphatic heterocycles. The van der Waals surface area contributed by atoms with Crippen LogP contribution in [0.3, 0.4) is 0 Å². The lowest BCUT2D eigenvalue weighted by atomic mass is 9.98. The van der Waals surface area contributed by atoms with Crippen molar-refractivity contribution in [2.24, 2.45) is 0 Å². The van der Waals surface area contributed by atoms with Crippen molar-refractivity contribution in [1.82, 2.24) is 5.32 Å². The van der Waals surface area contributed by atoms with Crippen molar-refractivity contribution in [3.8, 4) is 11.1 Å². The molecule has 30 heavy (non-hydrogen) atoms. The zero-order valence-electron chi connectivity index (χ0n) is 15.9. The van der Waals surface area contributed by atoms with Gasteiger partial charge in [0.25, 0.3) is 0 Å². The van der Waals surface area contributed by atoms with Gasteiger partial charge in [0.2, 0.25) is 0 Å². The predicted octanol–water partition coefficient (Wildman–Crippen LogP) is 6.28. The number of hydrogen-bond donors (Lipinski definition) is 1. The molecule has 152 valence electrons. The number of alkyl carbamates (subject to hydrolysis) is 1. The Morgan fingerprint density at radius 2 is 1.67 bits per heavy atom. The molecule has 1 amide bonds. The second kappa shape index (κ2) is 8.79. The van der Waals surface area contributed by atoms with Gasteiger partial charge in [-0.1, -0.05) is 60.7 Å². The van der Waals surface area contributed by atoms with Gasteiger partial charge in [-0.05, 0) is 44.3 Å². The minimum absolute atomic E-state index is 0.0111. The van der Waals surface area contributed by atoms with Crippen LogP contribution in [0, 0.1) is 11.6 Å². The van der Waals surface area contributed by atoms with E-state index in [9.17, 15) is 13.6 Å². The van der Waals surface area contributed by atoms with Crippen molar-refractivity contribution in [2.45, 2.75) is 5.92 Å². The van der Waals surface area contributed by atoms with Crippen LogP contribution < -0.4 is 5.32 Å². The summed E-state index contributed by atoms with van der Waals surface area (Å²) in [5.41, 5.74) is 4.82. The van der Waals surface area contributed by atoms with E-state index in [1.165, 1.54) is 12.1 Å². The highest BCUT2D eigenvalue weighted by molar-refractivity contribution is 9.10. The van der Waals surface area contributed by atoms with Gasteiger partial charge in [0.1, 0.15) is 18.2 Å². The number of ether oxygens (including phenoxy) is 1. The van der Waals surface area contributed by atoms with Gasteiger partial charge in [-0.3, -0.25) is 0 Å². The molecule has 1 aliphatic rings. The van der Waals surface area contributed by atoms with Gasteiger partial charge >= 0.3 is 6.09 Å². The van der Waals surface area contributed by atoms with Crippen molar-refractivity contribution in [2.75, 3.05) is 13.2 Å². The van der Waals surface area contributed by atoms with Crippen LogP contribution in [-0.2, 0) is 4.74 Å². The van der Waals surface area contributed by atoms with Crippen LogP contribution in [0.5, 0.6) is 0 Å². The highest BCUT2D eigenvalue weighted by atomic mass is 79.9. The Balaban J connectivity index is 1.35. The Morgan fingerprint density at radius 3 is 2.30 bits per heavy atom. The SMILES string of the molecule is O=C(NCC=Cc1c(F)cc(F)cc1Br)OCC1c2ccccc2-c2ccccc21. The van der Waals surface area contributed by atoms with Crippen LogP contribution in [-0.4, -0.2) is 19.2 Å². The molecule has 3 aromatic rings. The van der Waals surface area contributed by atoms with Crippen molar-refractivity contribution in [1.29, 1.82) is 0 Å². The third-order valence-electron chi connectivity index (χ3n) is 5.04. The maximum atomic E-state index is 13.8. The van der Waals surface area contributed by atoms with Crippen molar-refractivity contribution in [3.63, 3.8) is 0 Å². The highest BCUT2D eigenvalue weighted by Gasteiger charge is 2.28. The second-order valence-electron chi connectivity index (χ2n) is 6.89. The van der Waals surface area contributed by atoms with Crippen molar-refractivity contribution >= 4 is 28.1 Å². The molecule has 0 heterocycles. The topological polar surface area (TPSA) is 38.3 Å². The van der Waals surface area contributed by atoms with Crippen LogP contribution >= 0.6 is 15.9 Å². The van der Waals surface area contributed by atoms with E-state index in [1.807, 2.05) is 24.3 Å². The largest absolute Gasteiger partial charge is 0.449 e. The normalized spacial score (nSPS) is 12.6. The number of amides is 1. The second-order valence-corrected chi connectivity index (χ2v) is 7.75. The fraction of sp³-hybridized carbons (Fsp3) is 0.125. The van der Waals surface area contributed by atoms with E-state index in [0.29, 0.717) is 4.47 Å². The molecule has 0 saturated heterocycles. The lowest BCUT2D eigenvalue weighted by Crippen LogP contribution is -2.26. The zero-order chi connectivity index (χ0) is 21.1. The summed E-state index contributed by atoms with van der Waals surface area (Å²) in [6.07, 6.45) is 2.49. The van der Waals surface area contributed by atoms with Crippen LogP contribution in [0.25, 0.3) is 17.2 Å². The fourth-order valence-corrected chi connectivity index (χ4v) is 4.22. The van der Waals surface area contributed by atoms with E-state index in [4.69, 9.17) is 4.74 Å². The van der Waals surface area contributed by atoms with Gasteiger partial charge in [0.15, 0.2) is 0 Å². The Morgan fingerprint density at radius 1 is 1.03 bits per heavy atom. The molecule has 0 bridgehead atoms. The molecule has 4 rings (SSSR count). The summed E-state index contributed by atoms with van der Waals surface area (Å²) < 4.78 is 32.7. The molecular formula is C24H18BrF2NO2. The molecule has 1 aliphatic carbocycles. The molecule has 0 fully saturated rings. The number of carbonyl (C=O) groups excluding carboxylic acids is 1. The summed E-state index contributed by atoms with van der Waals surface area (Å²) >= 11 is 3.12. The Hall–Kier alpha value is -2.99. The molecule has 0 spiro atoms. The van der Waals surface area contributed by atoms with Crippen molar-refractivity contribution < 1.29 is 18.3 Å². The third kappa shape index (κ3) is 4.14. The molecule has 1 N–H and O–H groups in total. The lowest BCUT2D eigenvalue weighted by molar-refractivity contribution is 0.144. The quantitative estimate of drug-likeness (QED) is 0.477. The number of fused-ring (bicyclic) bond motifs is 3. The maximum Gasteiger partial charge on any atom is 0.407 e. The van der Waals surface area contributed by atoms with Crippen LogP contribution in [0.4, 0.5) is 13.6 Å². The first-order chi connectivity index (χ1) is 14.5. The first-order valence-electron chi connectivity index (χ1n) is 9.44. The lowest BCUT2D eigenvalue weighted by Gasteiger charge is -2.14. The molecule has 0 radical (unpaired) electrons. The van der Waals surface area contributed by atoms with Gasteiger partial charge in [0.05, 0.1) is 0 Å². The molecule has 3 nitrogen and oxygen atoms in total. The van der Waals surface area contributed by atoms with E-state index < -0.39 is 17.7 Å². The first-order valence-corrected chi connectivity index (χ1v) is 10.2. The average Bonchev–Trinajstić information content (AvgIpc) is 3.05. The molecule has 0 unspecified atom stereocenters. The van der Waals surface area contributed by atoms with E-state index in [0.717, 1.165) is 28.3 Å². The highest BCUT2D eigenvalue weighted by Crippen LogP contribution is 2.44. The standard InChI is InChI=1S/C24H18BrF2NO2/c25-22-12-15(26)13-23(27)20(22)10-5-11-28-24(29)30-14-21-18-8-3-1-6-16(18)17-7-2-4-9-19(17)21/h1-10,12-13,21H,11,14H2,(H,28,29). The van der Waals surface area contributed by atoms with E-state index in [1.54, 1.807) is 6.08 Å². The zero-order valence-corrected chi connectivity index (χ0v) is 17.5. The maximum absolute atomic E-state index is 13.8. The molecule has 0 saturated carbocycles. The number of halogens is 3. The number of nitrogens with one attached hydrogen (secondary N) is 1. The molecule has 3 aromatic carbocycles. The van der Waals surface area contributed by atoms with E-state index in [-0.39, 0.29) is 24.6 Å². The molecular weight excluding hydrogens is 452 g/mol. The summed E-state index contributed by atoms with van der Waals surface area (Å²) in [5.74, 6) is -1.35. The summed E-state index contributed by atoms with van der Waals surface area (Å²) in [6.45, 7) is 0.377. The monoisotopic (exact) mass is 469 g/mol. The van der Waals surface area contributed by atoms with Crippen molar-refractivity contribution in [3.05, 3.63) is 99.5 Å². The number of hydrogen-bond acceptors (Lipinski definition) is 2. The number of benzene rings is 3. The van der Waals surface area contributed by atoms with Gasteiger partial charge in [-0.2, -0.15) is 0 Å². The van der Waals surface area contributed by atoms with Gasteiger partial charge < -0.3 is 10.1 Å². The fourth-order valence-electron chi connectivity index (χ4n) is 3.68. The summed E-state index contributed by atoms with van der Waals surface area (Å²) in [6, 6.07) is 18.2. The molecule has 0 atom stereocenters. The summed E-state index contributed by atoms with van der Waals surface area (Å²) in [5, 5.41) is 2.62. The average molecular weight is 470 g/mol. The smallest absolute Gasteiger partial charge is 0.407 e. The molecule has 6 heteroatoms. The first kappa shape index (κ1) is 20.3. The predicted molar refractivity (Wildman–Crippen MR) is 116 cm³/mol. The minimum Gasteiger partial charge on any atom is -0.449 e. The van der Waals surface area contributed by atoms with Gasteiger partial charge in [-0.15, -0.1) is 0 Å². The van der Waals surface area contributed by atoms with Crippen LogP contribution in [0.1, 0.15) is 22.6 Å². The Bertz CT molecular complexity index is 1060. The summed E-state index contributed by atoms with van der Waals surface area (Å²) in [7, 11) is 0. The van der Waals surface area contributed by atoms with E-state index in [2.05, 4.69) is 45.5 Å². The van der Waals surface area contributed by atoms with Crippen LogP contribution in [0.2, 0.25) is 0 Å². The summed E-state index contributed by atoms with van der Waals surface area (Å²) in [4.78, 5) is 12.1. The Kier molecular flexibility index (Phi) is 5.95. The number of rotatable bonds is 5. The molecule has 0 aromatic heterocycles. The van der Waals surface area contributed by atoms with E-state index >= 15 is 0 Å². The Labute approximate surface area is 181 Å². The van der Waals surface area contributed by atoms with Crippen LogP contribution in [0.15, 0.2) is 71.2 Å². The van der Waals surface area contributed by atoms with Gasteiger partial charge in [0, 0.05) is 28.6 Å². The van der Waals surface area contributed by atoms with Gasteiger partial charge in [-0.25, -0.2) is 13.6 Å². The third-order valence-corrected chi connectivity index (χ3v) is 5.69. The number of carbonyl (C=O) groups is 1. The minimum atomic E-state index is -0.681.